The number of hydrogen-bond acceptors (Lipinski definition) is 7. The Hall–Kier alpha value is -4.51. The van der Waals surface area contributed by atoms with Gasteiger partial charge in [0.1, 0.15) is 12.1 Å². The van der Waals surface area contributed by atoms with Gasteiger partial charge in [-0.15, -0.1) is 10.2 Å². The zero-order valence-corrected chi connectivity index (χ0v) is 22.2. The molecule has 2 aliphatic heterocycles. The molecule has 2 fully saturated rings. The molecule has 0 aliphatic carbocycles. The van der Waals surface area contributed by atoms with Crippen molar-refractivity contribution in [3.8, 4) is 22.4 Å². The Balaban J connectivity index is 1.39. The number of aromatic nitrogens is 5. The normalized spacial score (nSPS) is 19.2. The molecule has 2 saturated heterocycles. The predicted octanol–water partition coefficient (Wildman–Crippen LogP) is 5.60. The minimum Gasteiger partial charge on any atom is -0.364 e. The zero-order chi connectivity index (χ0) is 28.1. The van der Waals surface area contributed by atoms with E-state index in [1.54, 1.807) is 23.0 Å². The van der Waals surface area contributed by atoms with Gasteiger partial charge >= 0.3 is 6.18 Å². The first-order valence-corrected chi connectivity index (χ1v) is 13.5. The highest BCUT2D eigenvalue weighted by atomic mass is 19.4. The third-order valence-corrected chi connectivity index (χ3v) is 7.92. The molecular weight excluding hydrogens is 529 g/mol. The highest BCUT2D eigenvalue weighted by Gasteiger charge is 2.40. The van der Waals surface area contributed by atoms with Crippen LogP contribution in [0.4, 0.5) is 24.9 Å². The van der Waals surface area contributed by atoms with E-state index < -0.39 is 11.7 Å². The molecule has 0 radical (unpaired) electrons. The number of anilines is 2. The van der Waals surface area contributed by atoms with Gasteiger partial charge in [-0.05, 0) is 48.7 Å². The molecule has 2 aliphatic rings. The van der Waals surface area contributed by atoms with Crippen molar-refractivity contribution in [3.05, 3.63) is 90.4 Å². The average molecular weight is 557 g/mol. The van der Waals surface area contributed by atoms with E-state index in [2.05, 4.69) is 30.7 Å². The van der Waals surface area contributed by atoms with Crippen LogP contribution in [-0.2, 0) is 6.18 Å². The Morgan fingerprint density at radius 3 is 2.63 bits per heavy atom. The van der Waals surface area contributed by atoms with Gasteiger partial charge in [0.2, 0.25) is 5.95 Å². The summed E-state index contributed by atoms with van der Waals surface area (Å²) < 4.78 is 43.0. The number of alkyl halides is 3. The van der Waals surface area contributed by atoms with E-state index in [9.17, 15) is 13.2 Å². The van der Waals surface area contributed by atoms with Crippen LogP contribution in [-0.4, -0.2) is 49.7 Å². The Labute approximate surface area is 234 Å². The van der Waals surface area contributed by atoms with Crippen molar-refractivity contribution in [1.82, 2.24) is 29.9 Å². The number of halogens is 3. The maximum Gasteiger partial charge on any atom is 0.416 e. The van der Waals surface area contributed by atoms with E-state index in [4.69, 9.17) is 4.98 Å². The standard InChI is InChI=1S/C30H27F3N8/c1-18(19-6-3-2-4-7-19)37-25-13-21(10-11-34-25)27-26(20-8-5-9-22(12-20)30(31,32)33)28-39-36-17-41(28)29(38-27)40-16-23-14-24(40)15-35-23/h2-13,17-18,23-24,35H,14-16H2,1H3,(H,34,37)/t18-,23+,24?/m0/s1. The van der Waals surface area contributed by atoms with Gasteiger partial charge in [0.05, 0.1) is 16.8 Å². The Morgan fingerprint density at radius 2 is 1.88 bits per heavy atom. The van der Waals surface area contributed by atoms with Crippen molar-refractivity contribution in [2.45, 2.75) is 37.6 Å². The number of benzene rings is 2. The third-order valence-electron chi connectivity index (χ3n) is 7.92. The van der Waals surface area contributed by atoms with Crippen LogP contribution in [0.1, 0.15) is 30.5 Å². The Kier molecular flexibility index (Phi) is 6.11. The maximum absolute atomic E-state index is 13.8. The van der Waals surface area contributed by atoms with E-state index >= 15 is 0 Å². The largest absolute Gasteiger partial charge is 0.416 e. The summed E-state index contributed by atoms with van der Waals surface area (Å²) in [5.74, 6) is 1.30. The maximum atomic E-state index is 13.8. The summed E-state index contributed by atoms with van der Waals surface area (Å²) in [4.78, 5) is 11.9. The lowest BCUT2D eigenvalue weighted by atomic mass is 9.98. The number of nitrogens with zero attached hydrogens (tertiary/aromatic N) is 6. The van der Waals surface area contributed by atoms with Crippen molar-refractivity contribution in [1.29, 1.82) is 0 Å². The van der Waals surface area contributed by atoms with Crippen LogP contribution >= 0.6 is 0 Å². The van der Waals surface area contributed by atoms with Gasteiger partial charge in [-0.1, -0.05) is 42.5 Å². The van der Waals surface area contributed by atoms with Crippen LogP contribution < -0.4 is 15.5 Å². The fraction of sp³-hybridized carbons (Fsp3) is 0.267. The minimum atomic E-state index is -4.49. The Morgan fingerprint density at radius 1 is 1.02 bits per heavy atom. The highest BCUT2D eigenvalue weighted by Crippen LogP contribution is 2.40. The molecule has 208 valence electrons. The number of hydrogen-bond donors (Lipinski definition) is 2. The molecule has 8 nitrogen and oxygen atoms in total. The summed E-state index contributed by atoms with van der Waals surface area (Å²) in [6.07, 6.45) is -0.214. The van der Waals surface area contributed by atoms with E-state index in [1.807, 2.05) is 49.4 Å². The van der Waals surface area contributed by atoms with Crippen LogP contribution in [0.5, 0.6) is 0 Å². The van der Waals surface area contributed by atoms with Crippen molar-refractivity contribution < 1.29 is 13.2 Å². The van der Waals surface area contributed by atoms with Crippen LogP contribution in [0.25, 0.3) is 28.0 Å². The first kappa shape index (κ1) is 25.5. The van der Waals surface area contributed by atoms with Crippen molar-refractivity contribution in [3.63, 3.8) is 0 Å². The quantitative estimate of drug-likeness (QED) is 0.282. The van der Waals surface area contributed by atoms with Crippen LogP contribution in [0.15, 0.2) is 79.3 Å². The second-order valence-electron chi connectivity index (χ2n) is 10.6. The molecule has 41 heavy (non-hydrogen) atoms. The topological polar surface area (TPSA) is 83.3 Å². The van der Waals surface area contributed by atoms with Gasteiger partial charge in [0, 0.05) is 43.0 Å². The number of nitrogens with one attached hydrogen (secondary N) is 2. The molecule has 3 atom stereocenters. The molecule has 7 rings (SSSR count). The van der Waals surface area contributed by atoms with E-state index in [0.29, 0.717) is 45.8 Å². The lowest BCUT2D eigenvalue weighted by molar-refractivity contribution is -0.137. The first-order valence-electron chi connectivity index (χ1n) is 13.5. The molecular formula is C30H27F3N8. The molecule has 3 aromatic heterocycles. The summed E-state index contributed by atoms with van der Waals surface area (Å²) in [5.41, 5.74) is 2.89. The smallest absolute Gasteiger partial charge is 0.364 e. The molecule has 2 aromatic carbocycles. The van der Waals surface area contributed by atoms with Crippen molar-refractivity contribution >= 4 is 17.4 Å². The fourth-order valence-electron chi connectivity index (χ4n) is 5.91. The molecule has 5 heterocycles. The van der Waals surface area contributed by atoms with Crippen LogP contribution in [0.2, 0.25) is 0 Å². The second kappa shape index (κ2) is 9.84. The molecule has 0 spiro atoms. The lowest BCUT2D eigenvalue weighted by Crippen LogP contribution is -2.44. The molecule has 2 N–H and O–H groups in total. The monoisotopic (exact) mass is 556 g/mol. The molecule has 1 unspecified atom stereocenters. The molecule has 0 saturated carbocycles. The second-order valence-corrected chi connectivity index (χ2v) is 10.6. The van der Waals surface area contributed by atoms with Gasteiger partial charge < -0.3 is 15.5 Å². The van der Waals surface area contributed by atoms with Gasteiger partial charge in [-0.3, -0.25) is 4.40 Å². The van der Waals surface area contributed by atoms with Gasteiger partial charge in [-0.25, -0.2) is 9.97 Å². The van der Waals surface area contributed by atoms with Crippen molar-refractivity contribution in [2.24, 2.45) is 0 Å². The third kappa shape index (κ3) is 4.65. The SMILES string of the molecule is C[C@H](Nc1cc(-c2nc(N3C[C@H]4CC3CN4)n3cnnc3c2-c2cccc(C(F)(F)F)c2)ccn1)c1ccccc1. The van der Waals surface area contributed by atoms with Gasteiger partial charge in [0.15, 0.2) is 5.65 Å². The molecule has 11 heteroatoms. The van der Waals surface area contributed by atoms with E-state index in [-0.39, 0.29) is 12.1 Å². The van der Waals surface area contributed by atoms with Crippen LogP contribution in [0, 0.1) is 0 Å². The first-order chi connectivity index (χ1) is 19.8. The van der Waals surface area contributed by atoms with E-state index in [0.717, 1.165) is 37.2 Å². The zero-order valence-electron chi connectivity index (χ0n) is 22.2. The Bertz CT molecular complexity index is 1720. The number of piperazine rings is 1. The minimum absolute atomic E-state index is 0.0166. The van der Waals surface area contributed by atoms with E-state index in [1.165, 1.54) is 6.07 Å². The number of fused-ring (bicyclic) bond motifs is 3. The summed E-state index contributed by atoms with van der Waals surface area (Å²) >= 11 is 0. The number of pyridine rings is 1. The average Bonchev–Trinajstić information content (AvgIpc) is 3.75. The van der Waals surface area contributed by atoms with Gasteiger partial charge in [-0.2, -0.15) is 13.2 Å². The predicted molar refractivity (Wildman–Crippen MR) is 150 cm³/mol. The van der Waals surface area contributed by atoms with Gasteiger partial charge in [0.25, 0.3) is 0 Å². The number of rotatable bonds is 6. The van der Waals surface area contributed by atoms with Crippen molar-refractivity contribution in [2.75, 3.05) is 23.3 Å². The molecule has 0 amide bonds. The summed E-state index contributed by atoms with van der Waals surface area (Å²) in [6.45, 7) is 3.68. The molecule has 5 aromatic rings. The lowest BCUT2D eigenvalue weighted by Gasteiger charge is -2.29. The molecule has 2 bridgehead atoms. The van der Waals surface area contributed by atoms with Crippen LogP contribution in [0.3, 0.4) is 0 Å². The summed E-state index contributed by atoms with van der Waals surface area (Å²) in [5, 5.41) is 15.5. The summed E-state index contributed by atoms with van der Waals surface area (Å²) in [6, 6.07) is 19.6. The summed E-state index contributed by atoms with van der Waals surface area (Å²) in [7, 11) is 0. The highest BCUT2D eigenvalue weighted by molar-refractivity contribution is 5.91. The fourth-order valence-corrected chi connectivity index (χ4v) is 5.91.